The molecule has 8 heteroatoms. The number of carbonyl (C=O) groups is 1. The molecule has 1 saturated heterocycles. The monoisotopic (exact) mass is 443 g/mol. The predicted molar refractivity (Wildman–Crippen MR) is 119 cm³/mol. The number of nitrogens with zero attached hydrogens (tertiary/aromatic N) is 3. The van der Waals surface area contributed by atoms with Crippen molar-refractivity contribution in [3.8, 4) is 0 Å². The average molecular weight is 444 g/mol. The minimum absolute atomic E-state index is 0.0147. The van der Waals surface area contributed by atoms with E-state index >= 15 is 0 Å². The molecule has 1 aliphatic carbocycles. The minimum atomic E-state index is -0.287. The molecule has 0 spiro atoms. The lowest BCUT2D eigenvalue weighted by molar-refractivity contribution is -0.129. The van der Waals surface area contributed by atoms with Gasteiger partial charge in [-0.05, 0) is 63.1 Å². The summed E-state index contributed by atoms with van der Waals surface area (Å²) in [6, 6.07) is 3.69. The molecule has 2 aliphatic rings. The number of rotatable bonds is 5. The fourth-order valence-electron chi connectivity index (χ4n) is 4.41. The molecule has 1 fully saturated rings. The molecule has 158 valence electrons. The first-order chi connectivity index (χ1) is 14.6. The molecule has 30 heavy (non-hydrogen) atoms. The Hall–Kier alpha value is -2.06. The Morgan fingerprint density at radius 3 is 2.83 bits per heavy atom. The van der Waals surface area contributed by atoms with Crippen LogP contribution in [-0.2, 0) is 24.2 Å². The lowest BCUT2D eigenvalue weighted by Gasteiger charge is -2.20. The SMILES string of the molecule is CC(Sc1nc2sc3c(c2c(=O)n1Cc1ccco1)CCCC3)C(=O)N1CCCC1. The summed E-state index contributed by atoms with van der Waals surface area (Å²) in [6.45, 7) is 3.89. The highest BCUT2D eigenvalue weighted by atomic mass is 32.2. The zero-order valence-corrected chi connectivity index (χ0v) is 18.7. The summed E-state index contributed by atoms with van der Waals surface area (Å²) in [5.74, 6) is 0.838. The lowest BCUT2D eigenvalue weighted by atomic mass is 9.97. The number of aryl methyl sites for hydroxylation is 2. The van der Waals surface area contributed by atoms with Crippen molar-refractivity contribution in [2.45, 2.75) is 62.4 Å². The second kappa shape index (κ2) is 8.23. The number of hydrogen-bond acceptors (Lipinski definition) is 6. The van der Waals surface area contributed by atoms with Crippen molar-refractivity contribution in [2.24, 2.45) is 0 Å². The van der Waals surface area contributed by atoms with Gasteiger partial charge in [0.2, 0.25) is 5.91 Å². The van der Waals surface area contributed by atoms with Gasteiger partial charge < -0.3 is 9.32 Å². The van der Waals surface area contributed by atoms with Crippen molar-refractivity contribution in [1.82, 2.24) is 14.5 Å². The molecule has 0 N–H and O–H groups in total. The number of fused-ring (bicyclic) bond motifs is 3. The molecular weight excluding hydrogens is 418 g/mol. The van der Waals surface area contributed by atoms with Crippen LogP contribution in [-0.4, -0.2) is 38.7 Å². The van der Waals surface area contributed by atoms with Crippen molar-refractivity contribution in [3.63, 3.8) is 0 Å². The number of carbonyl (C=O) groups excluding carboxylic acids is 1. The van der Waals surface area contributed by atoms with E-state index in [0.717, 1.165) is 55.4 Å². The van der Waals surface area contributed by atoms with E-state index in [-0.39, 0.29) is 16.7 Å². The average Bonchev–Trinajstić information content (AvgIpc) is 3.50. The summed E-state index contributed by atoms with van der Waals surface area (Å²) < 4.78 is 7.21. The van der Waals surface area contributed by atoms with Crippen LogP contribution in [0.25, 0.3) is 10.2 Å². The van der Waals surface area contributed by atoms with E-state index in [1.807, 2.05) is 24.0 Å². The van der Waals surface area contributed by atoms with Gasteiger partial charge in [-0.1, -0.05) is 11.8 Å². The molecule has 4 heterocycles. The van der Waals surface area contributed by atoms with Gasteiger partial charge in [0, 0.05) is 18.0 Å². The maximum absolute atomic E-state index is 13.6. The molecule has 3 aromatic rings. The van der Waals surface area contributed by atoms with Gasteiger partial charge in [0.05, 0.1) is 23.4 Å². The van der Waals surface area contributed by atoms with Gasteiger partial charge in [0.25, 0.3) is 5.56 Å². The zero-order chi connectivity index (χ0) is 20.7. The highest BCUT2D eigenvalue weighted by Gasteiger charge is 2.27. The third kappa shape index (κ3) is 3.60. The van der Waals surface area contributed by atoms with Gasteiger partial charge in [-0.3, -0.25) is 14.2 Å². The van der Waals surface area contributed by atoms with Gasteiger partial charge in [-0.25, -0.2) is 4.98 Å². The van der Waals surface area contributed by atoms with Crippen LogP contribution in [0.5, 0.6) is 0 Å². The minimum Gasteiger partial charge on any atom is -0.467 e. The molecule has 3 aromatic heterocycles. The molecule has 1 aliphatic heterocycles. The van der Waals surface area contributed by atoms with Crippen LogP contribution in [0.4, 0.5) is 0 Å². The summed E-state index contributed by atoms with van der Waals surface area (Å²) in [6.07, 6.45) is 8.01. The summed E-state index contributed by atoms with van der Waals surface area (Å²) >= 11 is 3.04. The van der Waals surface area contributed by atoms with E-state index in [0.29, 0.717) is 17.5 Å². The summed E-state index contributed by atoms with van der Waals surface area (Å²) in [5, 5.41) is 1.08. The highest BCUT2D eigenvalue weighted by Crippen LogP contribution is 2.35. The van der Waals surface area contributed by atoms with Crippen LogP contribution < -0.4 is 5.56 Å². The van der Waals surface area contributed by atoms with Crippen LogP contribution in [0.3, 0.4) is 0 Å². The number of amides is 1. The van der Waals surface area contributed by atoms with E-state index in [2.05, 4.69) is 0 Å². The second-order valence-corrected chi connectivity index (χ2v) is 10.4. The first-order valence-electron chi connectivity index (χ1n) is 10.6. The van der Waals surface area contributed by atoms with Crippen LogP contribution in [0.15, 0.2) is 32.8 Å². The smallest absolute Gasteiger partial charge is 0.263 e. The van der Waals surface area contributed by atoms with Crippen molar-refractivity contribution in [3.05, 3.63) is 45.0 Å². The highest BCUT2D eigenvalue weighted by molar-refractivity contribution is 8.00. The van der Waals surface area contributed by atoms with Gasteiger partial charge in [0.1, 0.15) is 10.6 Å². The molecule has 1 unspecified atom stereocenters. The van der Waals surface area contributed by atoms with E-state index in [4.69, 9.17) is 9.40 Å². The van der Waals surface area contributed by atoms with E-state index < -0.39 is 0 Å². The molecule has 6 nitrogen and oxygen atoms in total. The van der Waals surface area contributed by atoms with E-state index in [1.165, 1.54) is 28.6 Å². The Morgan fingerprint density at radius 1 is 1.27 bits per heavy atom. The number of likely N-dealkylation sites (tertiary alicyclic amines) is 1. The van der Waals surface area contributed by atoms with E-state index in [9.17, 15) is 9.59 Å². The van der Waals surface area contributed by atoms with Gasteiger partial charge >= 0.3 is 0 Å². The van der Waals surface area contributed by atoms with E-state index in [1.54, 1.807) is 22.2 Å². The Bertz CT molecular complexity index is 1130. The normalized spacial score (nSPS) is 17.4. The van der Waals surface area contributed by atoms with Gasteiger partial charge in [-0.15, -0.1) is 11.3 Å². The summed E-state index contributed by atoms with van der Waals surface area (Å²) in [5.41, 5.74) is 1.17. The van der Waals surface area contributed by atoms with Crippen molar-refractivity contribution in [2.75, 3.05) is 13.1 Å². The molecule has 1 amide bonds. The van der Waals surface area contributed by atoms with Crippen LogP contribution in [0.2, 0.25) is 0 Å². The fraction of sp³-hybridized carbons (Fsp3) is 0.500. The maximum atomic E-state index is 13.6. The van der Waals surface area contributed by atoms with Crippen LogP contribution in [0, 0.1) is 0 Å². The number of furan rings is 1. The Kier molecular flexibility index (Phi) is 5.45. The third-order valence-corrected chi connectivity index (χ3v) is 8.24. The molecule has 0 aromatic carbocycles. The molecule has 0 radical (unpaired) electrons. The Balaban J connectivity index is 1.56. The lowest BCUT2D eigenvalue weighted by Crippen LogP contribution is -2.34. The van der Waals surface area contributed by atoms with Crippen molar-refractivity contribution < 1.29 is 9.21 Å². The number of aromatic nitrogens is 2. The molecule has 0 bridgehead atoms. The topological polar surface area (TPSA) is 68.3 Å². The largest absolute Gasteiger partial charge is 0.467 e. The van der Waals surface area contributed by atoms with Gasteiger partial charge in [0.15, 0.2) is 5.16 Å². The Labute approximate surface area is 183 Å². The molecule has 1 atom stereocenters. The van der Waals surface area contributed by atoms with Crippen LogP contribution >= 0.6 is 23.1 Å². The van der Waals surface area contributed by atoms with Gasteiger partial charge in [-0.2, -0.15) is 0 Å². The number of hydrogen-bond donors (Lipinski definition) is 0. The summed E-state index contributed by atoms with van der Waals surface area (Å²) in [7, 11) is 0. The van der Waals surface area contributed by atoms with Crippen molar-refractivity contribution in [1.29, 1.82) is 0 Å². The second-order valence-electron chi connectivity index (χ2n) is 8.05. The molecule has 5 rings (SSSR count). The molecular formula is C22H25N3O3S2. The number of thiophene rings is 1. The van der Waals surface area contributed by atoms with Crippen LogP contribution in [0.1, 0.15) is 48.8 Å². The standard InChI is InChI=1S/C22H25N3O3S2/c1-14(20(26)24-10-4-5-11-24)29-22-23-19-18(16-8-2-3-9-17(16)30-19)21(27)25(22)13-15-7-6-12-28-15/h6-7,12,14H,2-5,8-11,13H2,1H3. The Morgan fingerprint density at radius 2 is 2.07 bits per heavy atom. The fourth-order valence-corrected chi connectivity index (χ4v) is 6.71. The zero-order valence-electron chi connectivity index (χ0n) is 17.1. The third-order valence-electron chi connectivity index (χ3n) is 5.98. The summed E-state index contributed by atoms with van der Waals surface area (Å²) in [4.78, 5) is 35.4. The first kappa shape index (κ1) is 19.9. The quantitative estimate of drug-likeness (QED) is 0.439. The van der Waals surface area contributed by atoms with Crippen molar-refractivity contribution >= 4 is 39.2 Å². The first-order valence-corrected chi connectivity index (χ1v) is 12.3. The number of thioether (sulfide) groups is 1. The molecule has 0 saturated carbocycles. The predicted octanol–water partition coefficient (Wildman–Crippen LogP) is 4.08. The maximum Gasteiger partial charge on any atom is 0.263 e.